The van der Waals surface area contributed by atoms with E-state index in [4.69, 9.17) is 24.7 Å². The fourth-order valence-corrected chi connectivity index (χ4v) is 4.90. The minimum atomic E-state index is -0.619. The normalized spacial score (nSPS) is 13.9. The summed E-state index contributed by atoms with van der Waals surface area (Å²) in [6, 6.07) is 31.7. The lowest BCUT2D eigenvalue weighted by molar-refractivity contribution is -0.135. The Morgan fingerprint density at radius 2 is 1.68 bits per heavy atom. The molecule has 1 aliphatic heterocycles. The van der Waals surface area contributed by atoms with Crippen molar-refractivity contribution >= 4 is 5.97 Å². The second kappa shape index (κ2) is 12.1. The number of allylic oxidation sites excluding steroid dienone is 1. The Kier molecular flexibility index (Phi) is 8.03. The van der Waals surface area contributed by atoms with Crippen LogP contribution in [0.25, 0.3) is 0 Å². The second-order valence-corrected chi connectivity index (χ2v) is 9.31. The van der Waals surface area contributed by atoms with Gasteiger partial charge in [-0.05, 0) is 34.9 Å². The number of nitrogens with two attached hydrogens (primary N) is 1. The van der Waals surface area contributed by atoms with Gasteiger partial charge in [-0.3, -0.25) is 4.79 Å². The van der Waals surface area contributed by atoms with Gasteiger partial charge in [-0.1, -0.05) is 85.5 Å². The van der Waals surface area contributed by atoms with Crippen molar-refractivity contribution in [1.29, 1.82) is 5.26 Å². The smallest absolute Gasteiger partial charge is 0.323 e. The Labute approximate surface area is 238 Å². The van der Waals surface area contributed by atoms with Crippen molar-refractivity contribution in [2.75, 3.05) is 13.7 Å². The fraction of sp³-hybridized carbons (Fsp3) is 0.118. The first-order valence-electron chi connectivity index (χ1n) is 13.0. The van der Waals surface area contributed by atoms with Crippen LogP contribution in [-0.2, 0) is 4.79 Å². The number of carbonyl (C=O) groups excluding carboxylic acids is 1. The molecular weight excluding hydrogens is 516 g/mol. The number of fused-ring (bicyclic) bond motifs is 1. The lowest BCUT2D eigenvalue weighted by atomic mass is 9.83. The predicted molar refractivity (Wildman–Crippen MR) is 155 cm³/mol. The van der Waals surface area contributed by atoms with Crippen LogP contribution >= 0.6 is 0 Å². The molecule has 0 bridgehead atoms. The number of hydrogen-bond donors (Lipinski definition) is 1. The first-order chi connectivity index (χ1) is 20.0. The first-order valence-corrected chi connectivity index (χ1v) is 13.0. The molecule has 7 nitrogen and oxygen atoms in total. The van der Waals surface area contributed by atoms with Gasteiger partial charge < -0.3 is 24.7 Å². The molecule has 204 valence electrons. The molecular formula is C34H28N2O5. The number of methoxy groups -OCH3 is 1. The van der Waals surface area contributed by atoms with E-state index in [1.807, 2.05) is 66.7 Å². The van der Waals surface area contributed by atoms with E-state index in [1.54, 1.807) is 43.5 Å². The van der Waals surface area contributed by atoms with Crippen molar-refractivity contribution in [2.24, 2.45) is 5.73 Å². The standard InChI is InChI=1S/C34H28N2O5/c1-3-18-39-28-17-14-24(19-30(28)38-2)32-26-16-15-25(20-29(26)41-33(36)27(32)21-35)40-34(37)31(22-10-6-4-7-11-22)23-12-8-5-9-13-23/h3-17,19-20,31-32H,1,18,36H2,2H3. The SMILES string of the molecule is C=CCOc1ccc(C2C(C#N)=C(N)Oc3cc(OC(=O)C(c4ccccc4)c4ccccc4)ccc32)cc1OC. The van der Waals surface area contributed by atoms with Crippen molar-refractivity contribution in [2.45, 2.75) is 11.8 Å². The fourth-order valence-electron chi connectivity index (χ4n) is 4.90. The molecule has 1 atom stereocenters. The zero-order valence-corrected chi connectivity index (χ0v) is 22.4. The summed E-state index contributed by atoms with van der Waals surface area (Å²) in [5, 5.41) is 9.96. The number of benzene rings is 4. The van der Waals surface area contributed by atoms with E-state index in [0.29, 0.717) is 35.2 Å². The molecule has 1 aliphatic rings. The number of nitriles is 1. The number of esters is 1. The Hall–Kier alpha value is -5.48. The van der Waals surface area contributed by atoms with Gasteiger partial charge >= 0.3 is 5.97 Å². The van der Waals surface area contributed by atoms with Crippen LogP contribution in [0.5, 0.6) is 23.0 Å². The van der Waals surface area contributed by atoms with Gasteiger partial charge in [0.2, 0.25) is 5.88 Å². The maximum absolute atomic E-state index is 13.5. The van der Waals surface area contributed by atoms with E-state index < -0.39 is 17.8 Å². The molecule has 2 N–H and O–H groups in total. The molecule has 0 fully saturated rings. The van der Waals surface area contributed by atoms with E-state index >= 15 is 0 Å². The zero-order valence-electron chi connectivity index (χ0n) is 22.4. The number of hydrogen-bond acceptors (Lipinski definition) is 7. The highest BCUT2D eigenvalue weighted by atomic mass is 16.5. The molecule has 5 rings (SSSR count). The van der Waals surface area contributed by atoms with Crippen LogP contribution in [0, 0.1) is 11.3 Å². The lowest BCUT2D eigenvalue weighted by Crippen LogP contribution is -2.22. The molecule has 1 heterocycles. The molecule has 0 spiro atoms. The van der Waals surface area contributed by atoms with Gasteiger partial charge in [-0.25, -0.2) is 0 Å². The molecule has 0 saturated carbocycles. The summed E-state index contributed by atoms with van der Waals surface area (Å²) in [6.45, 7) is 4.00. The number of carbonyl (C=O) groups is 1. The van der Waals surface area contributed by atoms with E-state index in [2.05, 4.69) is 12.6 Å². The van der Waals surface area contributed by atoms with E-state index in [0.717, 1.165) is 16.7 Å². The predicted octanol–water partition coefficient (Wildman–Crippen LogP) is 6.22. The van der Waals surface area contributed by atoms with Gasteiger partial charge in [0.05, 0.1) is 13.0 Å². The van der Waals surface area contributed by atoms with Crippen molar-refractivity contribution in [1.82, 2.24) is 0 Å². The van der Waals surface area contributed by atoms with Crippen LogP contribution in [0.2, 0.25) is 0 Å². The third-order valence-electron chi connectivity index (χ3n) is 6.79. The summed E-state index contributed by atoms with van der Waals surface area (Å²) in [6.07, 6.45) is 1.64. The van der Waals surface area contributed by atoms with Gasteiger partial charge in [0.15, 0.2) is 11.5 Å². The van der Waals surface area contributed by atoms with Gasteiger partial charge in [-0.15, -0.1) is 0 Å². The van der Waals surface area contributed by atoms with Crippen LogP contribution in [0.3, 0.4) is 0 Å². The molecule has 7 heteroatoms. The average molecular weight is 545 g/mol. The summed E-state index contributed by atoms with van der Waals surface area (Å²) >= 11 is 0. The highest BCUT2D eigenvalue weighted by Gasteiger charge is 2.32. The van der Waals surface area contributed by atoms with Crippen molar-refractivity contribution in [3.05, 3.63) is 143 Å². The van der Waals surface area contributed by atoms with Crippen LogP contribution in [0.4, 0.5) is 0 Å². The maximum atomic E-state index is 13.5. The van der Waals surface area contributed by atoms with Gasteiger partial charge in [0.1, 0.15) is 35.7 Å². The Morgan fingerprint density at radius 3 is 2.29 bits per heavy atom. The largest absolute Gasteiger partial charge is 0.493 e. The van der Waals surface area contributed by atoms with Gasteiger partial charge in [-0.2, -0.15) is 5.26 Å². The minimum Gasteiger partial charge on any atom is -0.493 e. The lowest BCUT2D eigenvalue weighted by Gasteiger charge is -2.27. The van der Waals surface area contributed by atoms with Crippen molar-refractivity contribution < 1.29 is 23.7 Å². The highest BCUT2D eigenvalue weighted by Crippen LogP contribution is 2.45. The Bertz CT molecular complexity index is 1600. The summed E-state index contributed by atoms with van der Waals surface area (Å²) in [5.74, 6) is 0.131. The van der Waals surface area contributed by atoms with Crippen molar-refractivity contribution in [3.8, 4) is 29.1 Å². The molecule has 0 saturated heterocycles. The van der Waals surface area contributed by atoms with Crippen LogP contribution < -0.4 is 24.7 Å². The molecule has 0 amide bonds. The number of rotatable bonds is 9. The van der Waals surface area contributed by atoms with E-state index in [-0.39, 0.29) is 11.5 Å². The highest BCUT2D eigenvalue weighted by molar-refractivity contribution is 5.84. The van der Waals surface area contributed by atoms with Crippen LogP contribution in [0.1, 0.15) is 34.1 Å². The quantitative estimate of drug-likeness (QED) is 0.152. The minimum absolute atomic E-state index is 0.0223. The zero-order chi connectivity index (χ0) is 28.8. The van der Waals surface area contributed by atoms with Gasteiger partial charge in [0, 0.05) is 11.6 Å². The van der Waals surface area contributed by atoms with E-state index in [9.17, 15) is 10.1 Å². The summed E-state index contributed by atoms with van der Waals surface area (Å²) in [7, 11) is 1.55. The summed E-state index contributed by atoms with van der Waals surface area (Å²) < 4.78 is 23.0. The van der Waals surface area contributed by atoms with Gasteiger partial charge in [0.25, 0.3) is 0 Å². The van der Waals surface area contributed by atoms with E-state index in [1.165, 1.54) is 0 Å². The maximum Gasteiger partial charge on any atom is 0.323 e. The second-order valence-electron chi connectivity index (χ2n) is 9.31. The monoisotopic (exact) mass is 544 g/mol. The third kappa shape index (κ3) is 5.63. The molecule has 1 unspecified atom stereocenters. The van der Waals surface area contributed by atoms with Crippen LogP contribution in [-0.4, -0.2) is 19.7 Å². The Morgan fingerprint density at radius 1 is 1.00 bits per heavy atom. The molecule has 41 heavy (non-hydrogen) atoms. The summed E-state index contributed by atoms with van der Waals surface area (Å²) in [4.78, 5) is 13.5. The molecule has 4 aromatic carbocycles. The number of nitrogens with zero attached hydrogens (tertiary/aromatic N) is 1. The average Bonchev–Trinajstić information content (AvgIpc) is 3.00. The first kappa shape index (κ1) is 27.1. The molecule has 4 aromatic rings. The number of ether oxygens (including phenoxy) is 4. The molecule has 0 aliphatic carbocycles. The third-order valence-corrected chi connectivity index (χ3v) is 6.79. The van der Waals surface area contributed by atoms with Crippen molar-refractivity contribution in [3.63, 3.8) is 0 Å². The van der Waals surface area contributed by atoms with Crippen LogP contribution in [0.15, 0.2) is 121 Å². The Balaban J connectivity index is 1.48. The molecule has 0 radical (unpaired) electrons. The summed E-state index contributed by atoms with van der Waals surface area (Å²) in [5.41, 5.74) is 9.56. The topological polar surface area (TPSA) is 104 Å². The molecule has 0 aromatic heterocycles.